The number of hydrogen-bond donors (Lipinski definition) is 2. The molecule has 0 aromatic heterocycles. The van der Waals surface area contributed by atoms with E-state index < -0.39 is 30.3 Å². The number of carbonyl (C=O) groups excluding carboxylic acids is 1. The molecule has 0 aliphatic rings. The Hall–Kier alpha value is -1.08. The number of rotatable bonds is 4. The van der Waals surface area contributed by atoms with Crippen LogP contribution in [0.5, 0.6) is 0 Å². The second kappa shape index (κ2) is 6.38. The minimum Gasteiger partial charge on any atom is -0.394 e. The van der Waals surface area contributed by atoms with Crippen molar-refractivity contribution in [3.8, 4) is 0 Å². The number of aliphatic hydroxyl groups excluding tert-OH is 1. The maximum Gasteiger partial charge on any atom is 0.416 e. The molecule has 0 radical (unpaired) electrons. The Morgan fingerprint density at radius 2 is 2.11 bits per heavy atom. The average Bonchev–Trinajstić information content (AvgIpc) is 2.34. The molecule has 0 heterocycles. The molecule has 0 spiro atoms. The van der Waals surface area contributed by atoms with Gasteiger partial charge < -0.3 is 10.4 Å². The molecule has 1 rings (SSSR count). The summed E-state index contributed by atoms with van der Waals surface area (Å²) in [6.45, 7) is 0.979. The second-order valence-corrected chi connectivity index (χ2v) is 4.80. The molecule has 0 fully saturated rings. The molecule has 0 saturated carbocycles. The topological polar surface area (TPSA) is 49.3 Å². The van der Waals surface area contributed by atoms with E-state index in [1.807, 2.05) is 0 Å². The van der Waals surface area contributed by atoms with Gasteiger partial charge in [0.25, 0.3) is 0 Å². The molecular formula is C12H13BrF3NO2. The normalized spacial score (nSPS) is 13.2. The zero-order valence-corrected chi connectivity index (χ0v) is 11.7. The van der Waals surface area contributed by atoms with E-state index in [9.17, 15) is 23.1 Å². The Morgan fingerprint density at radius 3 is 2.58 bits per heavy atom. The highest BCUT2D eigenvalue weighted by Gasteiger charge is 2.35. The number of halogens is 4. The molecule has 1 atom stereocenters. The standard InChI is InChI=1S/C12H13BrF3NO2/c1-2-11(19)17-10(6-18)8-4-3-7(13)5-9(8)12(14,15)16/h3-5,10,18H,2,6H2,1H3,(H,17,19)/t10-/m0/s1. The van der Waals surface area contributed by atoms with Crippen molar-refractivity contribution in [2.24, 2.45) is 0 Å². The van der Waals surface area contributed by atoms with E-state index in [1.165, 1.54) is 12.1 Å². The molecule has 1 aromatic carbocycles. The number of alkyl halides is 3. The first kappa shape index (κ1) is 16.0. The van der Waals surface area contributed by atoms with Crippen molar-refractivity contribution in [1.29, 1.82) is 0 Å². The third-order valence-corrected chi connectivity index (χ3v) is 3.03. The van der Waals surface area contributed by atoms with E-state index >= 15 is 0 Å². The lowest BCUT2D eigenvalue weighted by Gasteiger charge is -2.21. The first-order chi connectivity index (χ1) is 8.79. The third-order valence-electron chi connectivity index (χ3n) is 2.54. The van der Waals surface area contributed by atoms with E-state index in [2.05, 4.69) is 21.2 Å². The lowest BCUT2D eigenvalue weighted by Crippen LogP contribution is -2.31. The first-order valence-electron chi connectivity index (χ1n) is 5.56. The molecule has 1 amide bonds. The van der Waals surface area contributed by atoms with Gasteiger partial charge >= 0.3 is 6.18 Å². The number of amides is 1. The molecule has 0 saturated heterocycles. The minimum atomic E-state index is -4.55. The second-order valence-electron chi connectivity index (χ2n) is 3.89. The summed E-state index contributed by atoms with van der Waals surface area (Å²) in [5.74, 6) is -0.421. The summed E-state index contributed by atoms with van der Waals surface area (Å²) in [5.41, 5.74) is -1.03. The summed E-state index contributed by atoms with van der Waals surface area (Å²) >= 11 is 2.97. The molecular weight excluding hydrogens is 327 g/mol. The summed E-state index contributed by atoms with van der Waals surface area (Å²) in [5, 5.41) is 11.5. The van der Waals surface area contributed by atoms with Crippen molar-refractivity contribution >= 4 is 21.8 Å². The Morgan fingerprint density at radius 1 is 1.47 bits per heavy atom. The van der Waals surface area contributed by atoms with E-state index in [4.69, 9.17) is 0 Å². The molecule has 19 heavy (non-hydrogen) atoms. The van der Waals surface area contributed by atoms with Crippen LogP contribution in [0.4, 0.5) is 13.2 Å². The Labute approximate surface area is 116 Å². The largest absolute Gasteiger partial charge is 0.416 e. The Bertz CT molecular complexity index is 463. The van der Waals surface area contributed by atoms with Crippen molar-refractivity contribution in [2.45, 2.75) is 25.6 Å². The zero-order chi connectivity index (χ0) is 14.6. The van der Waals surface area contributed by atoms with Crippen LogP contribution >= 0.6 is 15.9 Å². The van der Waals surface area contributed by atoms with E-state index in [1.54, 1.807) is 6.92 Å². The molecule has 106 valence electrons. The quantitative estimate of drug-likeness (QED) is 0.885. The van der Waals surface area contributed by atoms with Crippen molar-refractivity contribution in [2.75, 3.05) is 6.61 Å². The molecule has 3 nitrogen and oxygen atoms in total. The van der Waals surface area contributed by atoms with Gasteiger partial charge in [0.2, 0.25) is 5.91 Å². The van der Waals surface area contributed by atoms with Crippen LogP contribution in [0.3, 0.4) is 0 Å². The van der Waals surface area contributed by atoms with Crippen LogP contribution in [-0.2, 0) is 11.0 Å². The van der Waals surface area contributed by atoms with Gasteiger partial charge in [0.15, 0.2) is 0 Å². The molecule has 1 aromatic rings. The van der Waals surface area contributed by atoms with Crippen LogP contribution in [0, 0.1) is 0 Å². The van der Waals surface area contributed by atoms with Crippen molar-refractivity contribution in [1.82, 2.24) is 5.32 Å². The number of hydrogen-bond acceptors (Lipinski definition) is 2. The molecule has 2 N–H and O–H groups in total. The van der Waals surface area contributed by atoms with Gasteiger partial charge in [0.05, 0.1) is 18.2 Å². The molecule has 0 aliphatic heterocycles. The van der Waals surface area contributed by atoms with Gasteiger partial charge in [-0.2, -0.15) is 13.2 Å². The van der Waals surface area contributed by atoms with Crippen LogP contribution in [0.1, 0.15) is 30.5 Å². The molecule has 0 bridgehead atoms. The third kappa shape index (κ3) is 4.21. The monoisotopic (exact) mass is 339 g/mol. The fourth-order valence-electron chi connectivity index (χ4n) is 1.60. The van der Waals surface area contributed by atoms with Crippen molar-refractivity contribution < 1.29 is 23.1 Å². The van der Waals surface area contributed by atoms with E-state index in [-0.39, 0.29) is 16.5 Å². The summed E-state index contributed by atoms with van der Waals surface area (Å²) in [4.78, 5) is 11.3. The number of nitrogens with one attached hydrogen (secondary N) is 1. The lowest BCUT2D eigenvalue weighted by molar-refractivity contribution is -0.139. The first-order valence-corrected chi connectivity index (χ1v) is 6.35. The van der Waals surface area contributed by atoms with Crippen LogP contribution in [0.25, 0.3) is 0 Å². The number of carbonyl (C=O) groups is 1. The van der Waals surface area contributed by atoms with Gasteiger partial charge in [0, 0.05) is 10.9 Å². The number of aliphatic hydroxyl groups is 1. The maximum absolute atomic E-state index is 12.9. The molecule has 7 heteroatoms. The van der Waals surface area contributed by atoms with Gasteiger partial charge in [-0.25, -0.2) is 0 Å². The minimum absolute atomic E-state index is 0.133. The summed E-state index contributed by atoms with van der Waals surface area (Å²) in [6, 6.07) is 2.53. The molecule has 0 aliphatic carbocycles. The van der Waals surface area contributed by atoms with Crippen molar-refractivity contribution in [3.05, 3.63) is 33.8 Å². The Kier molecular flexibility index (Phi) is 5.37. The van der Waals surface area contributed by atoms with Gasteiger partial charge in [-0.15, -0.1) is 0 Å². The van der Waals surface area contributed by atoms with Crippen LogP contribution in [-0.4, -0.2) is 17.6 Å². The van der Waals surface area contributed by atoms with Crippen molar-refractivity contribution in [3.63, 3.8) is 0 Å². The zero-order valence-electron chi connectivity index (χ0n) is 10.1. The average molecular weight is 340 g/mol. The summed E-state index contributed by atoms with van der Waals surface area (Å²) in [6.07, 6.45) is -4.42. The maximum atomic E-state index is 12.9. The van der Waals surface area contributed by atoms with Crippen LogP contribution in [0.2, 0.25) is 0 Å². The SMILES string of the molecule is CCC(=O)N[C@@H](CO)c1ccc(Br)cc1C(F)(F)F. The summed E-state index contributed by atoms with van der Waals surface area (Å²) in [7, 11) is 0. The highest BCUT2D eigenvalue weighted by atomic mass is 79.9. The van der Waals surface area contributed by atoms with E-state index in [0.717, 1.165) is 6.07 Å². The predicted molar refractivity (Wildman–Crippen MR) is 67.4 cm³/mol. The van der Waals surface area contributed by atoms with E-state index in [0.29, 0.717) is 0 Å². The van der Waals surface area contributed by atoms with Gasteiger partial charge in [-0.1, -0.05) is 28.9 Å². The van der Waals surface area contributed by atoms with Gasteiger partial charge in [-0.05, 0) is 17.7 Å². The fraction of sp³-hybridized carbons (Fsp3) is 0.417. The van der Waals surface area contributed by atoms with Gasteiger partial charge in [-0.3, -0.25) is 4.79 Å². The van der Waals surface area contributed by atoms with Crippen LogP contribution < -0.4 is 5.32 Å². The van der Waals surface area contributed by atoms with Crippen LogP contribution in [0.15, 0.2) is 22.7 Å². The highest BCUT2D eigenvalue weighted by Crippen LogP contribution is 2.36. The smallest absolute Gasteiger partial charge is 0.394 e. The lowest BCUT2D eigenvalue weighted by atomic mass is 10.00. The predicted octanol–water partition coefficient (Wildman–Crippen LogP) is 3.03. The summed E-state index contributed by atoms with van der Waals surface area (Å²) < 4.78 is 39.1. The number of benzene rings is 1. The molecule has 0 unspecified atom stereocenters. The fourth-order valence-corrected chi connectivity index (χ4v) is 1.96. The highest BCUT2D eigenvalue weighted by molar-refractivity contribution is 9.10. The Balaban J connectivity index is 3.20. The van der Waals surface area contributed by atoms with Gasteiger partial charge in [0.1, 0.15) is 0 Å².